The number of ether oxygens (including phenoxy) is 1. The van der Waals surface area contributed by atoms with Gasteiger partial charge in [0.2, 0.25) is 0 Å². The highest BCUT2D eigenvalue weighted by Gasteiger charge is 2.43. The van der Waals surface area contributed by atoms with Gasteiger partial charge in [-0.2, -0.15) is 0 Å². The van der Waals surface area contributed by atoms with E-state index in [0.29, 0.717) is 12.0 Å². The molecule has 7 heteroatoms. The standard InChI is InChI=1S/C15H19NO5S/c1-15(2)9-12(14(18)21-15)16(3)13(17)10-5-7-11(8-6-10)22(4,19)20/h5-8,12H,9H2,1-4H3/t12-/m1/s1. The van der Waals surface area contributed by atoms with Crippen LogP contribution in [0, 0.1) is 0 Å². The minimum absolute atomic E-state index is 0.146. The summed E-state index contributed by atoms with van der Waals surface area (Å²) >= 11 is 0. The van der Waals surface area contributed by atoms with Gasteiger partial charge in [0.15, 0.2) is 9.84 Å². The third-order valence-electron chi connectivity index (χ3n) is 3.65. The molecule has 1 saturated heterocycles. The second-order valence-electron chi connectivity index (χ2n) is 6.11. The molecule has 1 aromatic carbocycles. The summed E-state index contributed by atoms with van der Waals surface area (Å²) in [6.45, 7) is 3.59. The Balaban J connectivity index is 2.20. The Bertz CT molecular complexity index is 706. The van der Waals surface area contributed by atoms with Crippen molar-refractivity contribution < 1.29 is 22.7 Å². The molecule has 2 rings (SSSR count). The van der Waals surface area contributed by atoms with Gasteiger partial charge >= 0.3 is 5.97 Å². The fourth-order valence-corrected chi connectivity index (χ4v) is 3.05. The van der Waals surface area contributed by atoms with Crippen LogP contribution in [0.4, 0.5) is 0 Å². The molecule has 0 radical (unpaired) electrons. The van der Waals surface area contributed by atoms with Crippen LogP contribution in [0.25, 0.3) is 0 Å². The highest BCUT2D eigenvalue weighted by Crippen LogP contribution is 2.29. The van der Waals surface area contributed by atoms with Crippen LogP contribution in [0.5, 0.6) is 0 Å². The molecular weight excluding hydrogens is 306 g/mol. The second kappa shape index (κ2) is 5.39. The van der Waals surface area contributed by atoms with Gasteiger partial charge in [-0.15, -0.1) is 0 Å². The SMILES string of the molecule is CN(C(=O)c1ccc(S(C)(=O)=O)cc1)[C@@H]1CC(C)(C)OC1=O. The Hall–Kier alpha value is -1.89. The lowest BCUT2D eigenvalue weighted by Crippen LogP contribution is -2.40. The van der Waals surface area contributed by atoms with Crippen LogP contribution in [-0.4, -0.2) is 50.1 Å². The van der Waals surface area contributed by atoms with Gasteiger partial charge in [-0.3, -0.25) is 4.79 Å². The average Bonchev–Trinajstić information content (AvgIpc) is 2.69. The van der Waals surface area contributed by atoms with Gasteiger partial charge in [0.05, 0.1) is 4.90 Å². The average molecular weight is 325 g/mol. The molecule has 22 heavy (non-hydrogen) atoms. The van der Waals surface area contributed by atoms with Crippen molar-refractivity contribution in [1.82, 2.24) is 4.90 Å². The summed E-state index contributed by atoms with van der Waals surface area (Å²) in [6, 6.07) is 5.03. The predicted molar refractivity (Wildman–Crippen MR) is 80.2 cm³/mol. The summed E-state index contributed by atoms with van der Waals surface area (Å²) in [5, 5.41) is 0. The number of carbonyl (C=O) groups is 2. The maximum Gasteiger partial charge on any atom is 0.329 e. The predicted octanol–water partition coefficient (Wildman–Crippen LogP) is 1.26. The fraction of sp³-hybridized carbons (Fsp3) is 0.467. The highest BCUT2D eigenvalue weighted by atomic mass is 32.2. The van der Waals surface area contributed by atoms with E-state index in [-0.39, 0.29) is 10.8 Å². The van der Waals surface area contributed by atoms with Gasteiger partial charge in [-0.1, -0.05) is 0 Å². The third kappa shape index (κ3) is 3.30. The summed E-state index contributed by atoms with van der Waals surface area (Å²) in [5.41, 5.74) is -0.261. The zero-order chi connectivity index (χ0) is 16.7. The molecule has 1 aromatic rings. The minimum atomic E-state index is -3.30. The van der Waals surface area contributed by atoms with Crippen molar-refractivity contribution in [3.05, 3.63) is 29.8 Å². The number of amides is 1. The van der Waals surface area contributed by atoms with E-state index in [1.165, 1.54) is 29.2 Å². The van der Waals surface area contributed by atoms with Crippen LogP contribution in [-0.2, 0) is 19.4 Å². The molecule has 1 aliphatic rings. The number of hydrogen-bond donors (Lipinski definition) is 0. The number of rotatable bonds is 3. The van der Waals surface area contributed by atoms with Gasteiger partial charge in [-0.05, 0) is 38.1 Å². The van der Waals surface area contributed by atoms with Gasteiger partial charge < -0.3 is 9.64 Å². The van der Waals surface area contributed by atoms with Crippen LogP contribution in [0.3, 0.4) is 0 Å². The third-order valence-corrected chi connectivity index (χ3v) is 4.78. The molecule has 0 aromatic heterocycles. The van der Waals surface area contributed by atoms with E-state index < -0.39 is 27.4 Å². The maximum absolute atomic E-state index is 12.4. The fourth-order valence-electron chi connectivity index (χ4n) is 2.42. The van der Waals surface area contributed by atoms with Crippen molar-refractivity contribution in [2.75, 3.05) is 13.3 Å². The molecule has 0 aliphatic carbocycles. The monoisotopic (exact) mass is 325 g/mol. The van der Waals surface area contributed by atoms with Crippen molar-refractivity contribution in [1.29, 1.82) is 0 Å². The Morgan fingerprint density at radius 1 is 1.27 bits per heavy atom. The number of benzene rings is 1. The molecule has 0 N–H and O–H groups in total. The first kappa shape index (κ1) is 16.5. The molecule has 0 saturated carbocycles. The van der Waals surface area contributed by atoms with Gasteiger partial charge in [0.25, 0.3) is 5.91 Å². The number of carbonyl (C=O) groups excluding carboxylic acids is 2. The van der Waals surface area contributed by atoms with E-state index in [0.717, 1.165) is 6.26 Å². The summed E-state index contributed by atoms with van der Waals surface area (Å²) in [4.78, 5) is 25.8. The molecule has 1 atom stereocenters. The van der Waals surface area contributed by atoms with Crippen LogP contribution in [0.1, 0.15) is 30.6 Å². The zero-order valence-electron chi connectivity index (χ0n) is 13.0. The van der Waals surface area contributed by atoms with E-state index in [2.05, 4.69) is 0 Å². The number of hydrogen-bond acceptors (Lipinski definition) is 5. The summed E-state index contributed by atoms with van der Waals surface area (Å²) in [6.07, 6.45) is 1.53. The van der Waals surface area contributed by atoms with Crippen LogP contribution in [0.15, 0.2) is 29.2 Å². The number of sulfone groups is 1. The van der Waals surface area contributed by atoms with Crippen LogP contribution < -0.4 is 0 Å². The molecule has 1 aliphatic heterocycles. The first-order valence-corrected chi connectivity index (χ1v) is 8.70. The zero-order valence-corrected chi connectivity index (χ0v) is 13.8. The summed E-state index contributed by atoms with van der Waals surface area (Å²) in [7, 11) is -1.76. The van der Waals surface area contributed by atoms with Crippen molar-refractivity contribution in [2.45, 2.75) is 36.8 Å². The summed E-state index contributed by atoms with van der Waals surface area (Å²) in [5.74, 6) is -0.770. The minimum Gasteiger partial charge on any atom is -0.458 e. The lowest BCUT2D eigenvalue weighted by atomic mass is 10.0. The number of esters is 1. The Morgan fingerprint density at radius 2 is 1.82 bits per heavy atom. The molecular formula is C15H19NO5S. The summed E-state index contributed by atoms with van der Waals surface area (Å²) < 4.78 is 28.1. The Labute approximate surface area is 130 Å². The Kier molecular flexibility index (Phi) is 4.04. The highest BCUT2D eigenvalue weighted by molar-refractivity contribution is 7.90. The molecule has 6 nitrogen and oxygen atoms in total. The van der Waals surface area contributed by atoms with Gasteiger partial charge in [0.1, 0.15) is 11.6 Å². The van der Waals surface area contributed by atoms with E-state index in [9.17, 15) is 18.0 Å². The largest absolute Gasteiger partial charge is 0.458 e. The van der Waals surface area contributed by atoms with E-state index in [1.807, 2.05) is 0 Å². The maximum atomic E-state index is 12.4. The smallest absolute Gasteiger partial charge is 0.329 e. The lowest BCUT2D eigenvalue weighted by molar-refractivity contribution is -0.148. The molecule has 1 heterocycles. The normalized spacial score (nSPS) is 20.5. The van der Waals surface area contributed by atoms with Gasteiger partial charge in [-0.25, -0.2) is 13.2 Å². The van der Waals surface area contributed by atoms with Crippen LogP contribution in [0.2, 0.25) is 0 Å². The van der Waals surface area contributed by atoms with Crippen molar-refractivity contribution in [2.24, 2.45) is 0 Å². The topological polar surface area (TPSA) is 80.8 Å². The van der Waals surface area contributed by atoms with Crippen LogP contribution >= 0.6 is 0 Å². The molecule has 0 bridgehead atoms. The Morgan fingerprint density at radius 3 is 2.23 bits per heavy atom. The molecule has 120 valence electrons. The van der Waals surface area contributed by atoms with Crippen molar-refractivity contribution >= 4 is 21.7 Å². The number of cyclic esters (lactones) is 1. The van der Waals surface area contributed by atoms with E-state index in [1.54, 1.807) is 20.9 Å². The van der Waals surface area contributed by atoms with E-state index in [4.69, 9.17) is 4.74 Å². The molecule has 0 unspecified atom stereocenters. The molecule has 1 fully saturated rings. The second-order valence-corrected chi connectivity index (χ2v) is 8.13. The number of likely N-dealkylation sites (N-methyl/N-ethyl adjacent to an activating group) is 1. The van der Waals surface area contributed by atoms with Gasteiger partial charge in [0, 0.05) is 25.3 Å². The quantitative estimate of drug-likeness (QED) is 0.782. The molecule has 0 spiro atoms. The first-order valence-electron chi connectivity index (χ1n) is 6.81. The van der Waals surface area contributed by atoms with Crippen molar-refractivity contribution in [3.63, 3.8) is 0 Å². The van der Waals surface area contributed by atoms with E-state index >= 15 is 0 Å². The first-order chi connectivity index (χ1) is 10.0. The molecule has 1 amide bonds. The number of nitrogens with zero attached hydrogens (tertiary/aromatic N) is 1. The lowest BCUT2D eigenvalue weighted by Gasteiger charge is -2.22. The van der Waals surface area contributed by atoms with Crippen molar-refractivity contribution in [3.8, 4) is 0 Å².